The first kappa shape index (κ1) is 21.0. The van der Waals surface area contributed by atoms with Gasteiger partial charge in [-0.25, -0.2) is 9.78 Å². The van der Waals surface area contributed by atoms with Crippen LogP contribution < -0.4 is 20.1 Å². The Bertz CT molecular complexity index is 846. The summed E-state index contributed by atoms with van der Waals surface area (Å²) in [5.74, 6) is 0.299. The van der Waals surface area contributed by atoms with Crippen molar-refractivity contribution in [1.29, 1.82) is 0 Å². The topological polar surface area (TPSA) is 98.8 Å². The van der Waals surface area contributed by atoms with Gasteiger partial charge in [-0.2, -0.15) is 0 Å². The number of nitrogens with one attached hydrogen (secondary N) is 2. The van der Waals surface area contributed by atoms with Crippen molar-refractivity contribution in [2.75, 3.05) is 24.4 Å². The van der Waals surface area contributed by atoms with Gasteiger partial charge < -0.3 is 19.5 Å². The largest absolute Gasteiger partial charge is 0.495 e. The van der Waals surface area contributed by atoms with Crippen molar-refractivity contribution in [3.8, 4) is 11.6 Å². The van der Waals surface area contributed by atoms with Gasteiger partial charge in [-0.3, -0.25) is 10.1 Å². The van der Waals surface area contributed by atoms with Crippen LogP contribution in [0.1, 0.15) is 38.1 Å². The van der Waals surface area contributed by atoms with E-state index in [1.807, 2.05) is 6.92 Å². The van der Waals surface area contributed by atoms with E-state index in [9.17, 15) is 9.59 Å². The van der Waals surface area contributed by atoms with Gasteiger partial charge in [0.05, 0.1) is 19.4 Å². The maximum Gasteiger partial charge on any atom is 0.412 e. The lowest BCUT2D eigenvalue weighted by Crippen LogP contribution is -2.27. The maximum atomic E-state index is 12.6. The van der Waals surface area contributed by atoms with E-state index in [-0.39, 0.29) is 11.8 Å². The number of hydrogen-bond donors (Lipinski definition) is 2. The predicted octanol–water partition coefficient (Wildman–Crippen LogP) is 4.09. The molecule has 8 nitrogen and oxygen atoms in total. The van der Waals surface area contributed by atoms with Gasteiger partial charge in [0.1, 0.15) is 16.9 Å². The number of carbonyl (C=O) groups is 2. The zero-order chi connectivity index (χ0) is 20.7. The Morgan fingerprint density at radius 1 is 1.14 bits per heavy atom. The van der Waals surface area contributed by atoms with Crippen LogP contribution in [0, 0.1) is 0 Å². The summed E-state index contributed by atoms with van der Waals surface area (Å²) in [4.78, 5) is 28.8. The van der Waals surface area contributed by atoms with Gasteiger partial charge in [0, 0.05) is 11.9 Å². The van der Waals surface area contributed by atoms with Gasteiger partial charge in [0.25, 0.3) is 5.91 Å². The highest BCUT2D eigenvalue weighted by molar-refractivity contribution is 6.06. The first-order valence-electron chi connectivity index (χ1n) is 8.80. The number of benzene rings is 1. The second kappa shape index (κ2) is 9.07. The van der Waals surface area contributed by atoms with E-state index >= 15 is 0 Å². The minimum atomic E-state index is -0.640. The second-order valence-corrected chi connectivity index (χ2v) is 6.79. The smallest absolute Gasteiger partial charge is 0.412 e. The van der Waals surface area contributed by atoms with Crippen molar-refractivity contribution in [3.63, 3.8) is 0 Å². The molecule has 0 bridgehead atoms. The Balaban J connectivity index is 2.21. The van der Waals surface area contributed by atoms with Gasteiger partial charge in [-0.05, 0) is 58.0 Å². The van der Waals surface area contributed by atoms with Crippen LogP contribution in [-0.4, -0.2) is 36.3 Å². The minimum absolute atomic E-state index is 0.253. The third kappa shape index (κ3) is 5.87. The van der Waals surface area contributed by atoms with Crippen LogP contribution >= 0.6 is 0 Å². The van der Waals surface area contributed by atoms with E-state index in [4.69, 9.17) is 14.2 Å². The number of amides is 2. The molecule has 0 saturated heterocycles. The van der Waals surface area contributed by atoms with Crippen LogP contribution in [0.4, 0.5) is 16.2 Å². The molecule has 2 rings (SSSR count). The van der Waals surface area contributed by atoms with E-state index in [0.29, 0.717) is 29.3 Å². The zero-order valence-corrected chi connectivity index (χ0v) is 16.7. The predicted molar refractivity (Wildman–Crippen MR) is 106 cm³/mol. The van der Waals surface area contributed by atoms with E-state index in [2.05, 4.69) is 15.6 Å². The molecule has 28 heavy (non-hydrogen) atoms. The Morgan fingerprint density at radius 3 is 2.54 bits per heavy atom. The van der Waals surface area contributed by atoms with Crippen molar-refractivity contribution >= 4 is 23.4 Å². The fourth-order valence-corrected chi connectivity index (χ4v) is 2.31. The van der Waals surface area contributed by atoms with Crippen LogP contribution in [0.2, 0.25) is 0 Å². The van der Waals surface area contributed by atoms with Gasteiger partial charge in [0.15, 0.2) is 0 Å². The molecule has 0 aliphatic heterocycles. The van der Waals surface area contributed by atoms with Crippen LogP contribution in [0.3, 0.4) is 0 Å². The molecule has 1 aromatic carbocycles. The third-order valence-electron chi connectivity index (χ3n) is 3.39. The molecule has 1 heterocycles. The SMILES string of the molecule is CCOc1ncccc1C(=O)Nc1ccc(OC)c(NC(=O)OC(C)(C)C)c1. The molecule has 0 aliphatic rings. The molecule has 0 unspecified atom stereocenters. The van der Waals surface area contributed by atoms with Crippen molar-refractivity contribution in [2.45, 2.75) is 33.3 Å². The molecular weight excluding hydrogens is 362 g/mol. The summed E-state index contributed by atoms with van der Waals surface area (Å²) in [5, 5.41) is 5.39. The van der Waals surface area contributed by atoms with Crippen LogP contribution in [0.25, 0.3) is 0 Å². The van der Waals surface area contributed by atoms with Gasteiger partial charge >= 0.3 is 6.09 Å². The highest BCUT2D eigenvalue weighted by Gasteiger charge is 2.19. The third-order valence-corrected chi connectivity index (χ3v) is 3.39. The van der Waals surface area contributed by atoms with Gasteiger partial charge in [-0.15, -0.1) is 0 Å². The molecular formula is C20H25N3O5. The molecule has 2 amide bonds. The molecule has 0 aliphatic carbocycles. The normalized spacial score (nSPS) is 10.8. The van der Waals surface area contributed by atoms with Crippen molar-refractivity contribution in [3.05, 3.63) is 42.1 Å². The fourth-order valence-electron chi connectivity index (χ4n) is 2.31. The van der Waals surface area contributed by atoms with Crippen molar-refractivity contribution < 1.29 is 23.8 Å². The van der Waals surface area contributed by atoms with Crippen LogP contribution in [0.15, 0.2) is 36.5 Å². The average Bonchev–Trinajstić information content (AvgIpc) is 2.61. The van der Waals surface area contributed by atoms with E-state index < -0.39 is 11.7 Å². The summed E-state index contributed by atoms with van der Waals surface area (Å²) < 4.78 is 15.9. The summed E-state index contributed by atoms with van der Waals surface area (Å²) in [5.41, 5.74) is 0.495. The minimum Gasteiger partial charge on any atom is -0.495 e. The number of methoxy groups -OCH3 is 1. The zero-order valence-electron chi connectivity index (χ0n) is 16.7. The van der Waals surface area contributed by atoms with Crippen molar-refractivity contribution in [2.24, 2.45) is 0 Å². The van der Waals surface area contributed by atoms with Crippen LogP contribution in [0.5, 0.6) is 11.6 Å². The molecule has 1 aromatic heterocycles. The Morgan fingerprint density at radius 2 is 1.89 bits per heavy atom. The number of hydrogen-bond acceptors (Lipinski definition) is 6. The first-order valence-corrected chi connectivity index (χ1v) is 8.80. The monoisotopic (exact) mass is 387 g/mol. The number of ether oxygens (including phenoxy) is 3. The molecule has 2 aromatic rings. The number of anilines is 2. The number of rotatable bonds is 6. The van der Waals surface area contributed by atoms with Crippen molar-refractivity contribution in [1.82, 2.24) is 4.98 Å². The van der Waals surface area contributed by atoms with E-state index in [0.717, 1.165) is 0 Å². The Kier molecular flexibility index (Phi) is 6.81. The van der Waals surface area contributed by atoms with Gasteiger partial charge in [-0.1, -0.05) is 0 Å². The molecule has 0 atom stereocenters. The molecule has 0 spiro atoms. The maximum absolute atomic E-state index is 12.6. The van der Waals surface area contributed by atoms with E-state index in [1.54, 1.807) is 57.3 Å². The van der Waals surface area contributed by atoms with Crippen LogP contribution in [-0.2, 0) is 4.74 Å². The lowest BCUT2D eigenvalue weighted by Gasteiger charge is -2.20. The lowest BCUT2D eigenvalue weighted by molar-refractivity contribution is 0.0635. The Hall–Kier alpha value is -3.29. The number of aromatic nitrogens is 1. The molecule has 0 fully saturated rings. The average molecular weight is 387 g/mol. The molecule has 2 N–H and O–H groups in total. The van der Waals surface area contributed by atoms with E-state index in [1.165, 1.54) is 7.11 Å². The summed E-state index contributed by atoms with van der Waals surface area (Å²) in [6, 6.07) is 8.15. The molecule has 0 radical (unpaired) electrons. The number of carbonyl (C=O) groups excluding carboxylic acids is 2. The number of pyridine rings is 1. The summed E-state index contributed by atoms with van der Waals surface area (Å²) in [6.45, 7) is 7.51. The Labute approximate surface area is 164 Å². The highest BCUT2D eigenvalue weighted by Crippen LogP contribution is 2.29. The standard InChI is InChI=1S/C20H25N3O5/c1-6-27-18-14(8-7-11-21-18)17(24)22-13-9-10-16(26-5)15(12-13)23-19(25)28-20(2,3)4/h7-12H,6H2,1-5H3,(H,22,24)(H,23,25). The highest BCUT2D eigenvalue weighted by atomic mass is 16.6. The molecule has 150 valence electrons. The second-order valence-electron chi connectivity index (χ2n) is 6.79. The quantitative estimate of drug-likeness (QED) is 0.775. The summed E-state index contributed by atoms with van der Waals surface area (Å²) in [6.07, 6.45) is 0.929. The lowest BCUT2D eigenvalue weighted by atomic mass is 10.2. The summed E-state index contributed by atoms with van der Waals surface area (Å²) >= 11 is 0. The summed E-state index contributed by atoms with van der Waals surface area (Å²) in [7, 11) is 1.48. The first-order chi connectivity index (χ1) is 13.2. The number of nitrogens with zero attached hydrogens (tertiary/aromatic N) is 1. The fraction of sp³-hybridized carbons (Fsp3) is 0.350. The van der Waals surface area contributed by atoms with Gasteiger partial charge in [0.2, 0.25) is 5.88 Å². The molecule has 0 saturated carbocycles. The molecule has 8 heteroatoms.